The fourth-order valence-electron chi connectivity index (χ4n) is 2.77. The molecule has 1 aromatic carbocycles. The highest BCUT2D eigenvalue weighted by atomic mass is 35.5. The van der Waals surface area contributed by atoms with E-state index in [0.29, 0.717) is 6.42 Å². The summed E-state index contributed by atoms with van der Waals surface area (Å²) in [6.45, 7) is 0. The Kier molecular flexibility index (Phi) is 4.24. The number of hydrogen-bond donors (Lipinski definition) is 0. The van der Waals surface area contributed by atoms with Crippen molar-refractivity contribution in [3.63, 3.8) is 0 Å². The van der Waals surface area contributed by atoms with Crippen LogP contribution in [0.25, 0.3) is 0 Å². The predicted molar refractivity (Wildman–Crippen MR) is 70.9 cm³/mol. The van der Waals surface area contributed by atoms with Gasteiger partial charge in [-0.3, -0.25) is 0 Å². The topological polar surface area (TPSA) is 23.8 Å². The molecule has 0 unspecified atom stereocenters. The van der Waals surface area contributed by atoms with Crippen molar-refractivity contribution in [3.05, 3.63) is 34.6 Å². The molecule has 18 heavy (non-hydrogen) atoms. The zero-order valence-electron chi connectivity index (χ0n) is 10.4. The summed E-state index contributed by atoms with van der Waals surface area (Å²) in [5.41, 5.74) is 0.567. The number of rotatable bonds is 2. The van der Waals surface area contributed by atoms with Gasteiger partial charge in [0, 0.05) is 0 Å². The number of nitriles is 1. The van der Waals surface area contributed by atoms with Crippen LogP contribution in [0.3, 0.4) is 0 Å². The van der Waals surface area contributed by atoms with Crippen LogP contribution in [0.1, 0.15) is 44.1 Å². The third kappa shape index (κ3) is 3.03. The molecule has 0 saturated heterocycles. The molecule has 1 aliphatic rings. The fraction of sp³-hybridized carbons (Fsp3) is 0.533. The van der Waals surface area contributed by atoms with E-state index in [4.69, 9.17) is 11.6 Å². The van der Waals surface area contributed by atoms with Crippen LogP contribution in [-0.4, -0.2) is 0 Å². The first-order valence-corrected chi connectivity index (χ1v) is 6.88. The second kappa shape index (κ2) is 5.71. The summed E-state index contributed by atoms with van der Waals surface area (Å²) in [4.78, 5) is 0. The maximum atomic E-state index is 13.4. The van der Waals surface area contributed by atoms with Gasteiger partial charge in [0.15, 0.2) is 0 Å². The Balaban J connectivity index is 2.18. The van der Waals surface area contributed by atoms with E-state index in [1.807, 2.05) is 6.07 Å². The molecule has 0 N–H and O–H groups in total. The van der Waals surface area contributed by atoms with E-state index >= 15 is 0 Å². The van der Waals surface area contributed by atoms with Crippen LogP contribution in [-0.2, 0) is 6.42 Å². The minimum Gasteiger partial charge on any atom is -0.205 e. The minimum absolute atomic E-state index is 0.144. The Morgan fingerprint density at radius 3 is 2.44 bits per heavy atom. The summed E-state index contributed by atoms with van der Waals surface area (Å²) >= 11 is 5.68. The monoisotopic (exact) mass is 265 g/mol. The number of benzene rings is 1. The first kappa shape index (κ1) is 13.4. The SMILES string of the molecule is N#CC1(Cc2ccc(Cl)c(F)c2)CCCCCC1. The third-order valence-electron chi connectivity index (χ3n) is 3.82. The summed E-state index contributed by atoms with van der Waals surface area (Å²) in [5.74, 6) is -0.393. The predicted octanol–water partition coefficient (Wildman–Crippen LogP) is 4.89. The van der Waals surface area contributed by atoms with Gasteiger partial charge in [0.05, 0.1) is 16.5 Å². The van der Waals surface area contributed by atoms with Gasteiger partial charge in [-0.05, 0) is 37.0 Å². The van der Waals surface area contributed by atoms with Gasteiger partial charge in [-0.1, -0.05) is 43.4 Å². The van der Waals surface area contributed by atoms with E-state index < -0.39 is 5.82 Å². The van der Waals surface area contributed by atoms with Gasteiger partial charge in [-0.15, -0.1) is 0 Å². The van der Waals surface area contributed by atoms with Crippen molar-refractivity contribution in [2.24, 2.45) is 5.41 Å². The Bertz CT molecular complexity index is 456. The number of halogens is 2. The van der Waals surface area contributed by atoms with E-state index in [2.05, 4.69) is 6.07 Å². The lowest BCUT2D eigenvalue weighted by molar-refractivity contribution is 0.338. The van der Waals surface area contributed by atoms with Crippen LogP contribution >= 0.6 is 11.6 Å². The van der Waals surface area contributed by atoms with Crippen molar-refractivity contribution in [2.75, 3.05) is 0 Å². The molecule has 96 valence electrons. The molecule has 1 fully saturated rings. The average molecular weight is 266 g/mol. The summed E-state index contributed by atoms with van der Waals surface area (Å²) in [7, 11) is 0. The van der Waals surface area contributed by atoms with Crippen LogP contribution < -0.4 is 0 Å². The molecule has 0 amide bonds. The van der Waals surface area contributed by atoms with Gasteiger partial charge in [0.1, 0.15) is 5.82 Å². The third-order valence-corrected chi connectivity index (χ3v) is 4.13. The zero-order chi connectivity index (χ0) is 13.0. The van der Waals surface area contributed by atoms with Gasteiger partial charge in [-0.25, -0.2) is 4.39 Å². The minimum atomic E-state index is -0.393. The summed E-state index contributed by atoms with van der Waals surface area (Å²) < 4.78 is 13.4. The molecule has 0 bridgehead atoms. The van der Waals surface area contributed by atoms with E-state index in [1.165, 1.54) is 18.9 Å². The molecule has 0 aliphatic heterocycles. The molecule has 1 aliphatic carbocycles. The van der Waals surface area contributed by atoms with Crippen molar-refractivity contribution in [1.29, 1.82) is 5.26 Å². The van der Waals surface area contributed by atoms with Gasteiger partial charge >= 0.3 is 0 Å². The molecule has 0 aromatic heterocycles. The van der Waals surface area contributed by atoms with Gasteiger partial charge in [-0.2, -0.15) is 5.26 Å². The van der Waals surface area contributed by atoms with Crippen LogP contribution in [0.4, 0.5) is 4.39 Å². The Hall–Kier alpha value is -1.07. The highest BCUT2D eigenvalue weighted by Crippen LogP contribution is 2.37. The lowest BCUT2D eigenvalue weighted by Crippen LogP contribution is -2.21. The Labute approximate surface area is 113 Å². The van der Waals surface area contributed by atoms with Gasteiger partial charge in [0.2, 0.25) is 0 Å². The number of nitrogens with zero attached hydrogens (tertiary/aromatic N) is 1. The van der Waals surface area contributed by atoms with Crippen molar-refractivity contribution in [3.8, 4) is 6.07 Å². The molecule has 0 heterocycles. The molecule has 1 aromatic rings. The molecular weight excluding hydrogens is 249 g/mol. The molecule has 2 rings (SSSR count). The van der Waals surface area contributed by atoms with Gasteiger partial charge < -0.3 is 0 Å². The summed E-state index contributed by atoms with van der Waals surface area (Å²) in [5, 5.41) is 9.63. The first-order chi connectivity index (χ1) is 8.65. The smallest absolute Gasteiger partial charge is 0.142 e. The second-order valence-electron chi connectivity index (χ2n) is 5.23. The molecule has 1 nitrogen and oxygen atoms in total. The Morgan fingerprint density at radius 1 is 1.22 bits per heavy atom. The molecule has 1 saturated carbocycles. The molecule has 0 spiro atoms. The van der Waals surface area contributed by atoms with Crippen molar-refractivity contribution < 1.29 is 4.39 Å². The van der Waals surface area contributed by atoms with E-state index in [-0.39, 0.29) is 10.4 Å². The quantitative estimate of drug-likeness (QED) is 0.699. The molecule has 0 radical (unpaired) electrons. The maximum absolute atomic E-state index is 13.4. The van der Waals surface area contributed by atoms with Crippen molar-refractivity contribution >= 4 is 11.6 Å². The summed E-state index contributed by atoms with van der Waals surface area (Å²) in [6.07, 6.45) is 7.10. The lowest BCUT2D eigenvalue weighted by atomic mass is 9.77. The normalized spacial score (nSPS) is 18.9. The Morgan fingerprint density at radius 2 is 1.89 bits per heavy atom. The average Bonchev–Trinajstić information content (AvgIpc) is 2.60. The standard InChI is InChI=1S/C15H17ClFN/c16-13-6-5-12(9-14(13)17)10-15(11-18)7-3-1-2-4-8-15/h5-6,9H,1-4,7-8,10H2. The first-order valence-electron chi connectivity index (χ1n) is 6.50. The van der Waals surface area contributed by atoms with Crippen LogP contribution in [0.2, 0.25) is 5.02 Å². The molecular formula is C15H17ClFN. The lowest BCUT2D eigenvalue weighted by Gasteiger charge is -2.24. The fourth-order valence-corrected chi connectivity index (χ4v) is 2.89. The largest absolute Gasteiger partial charge is 0.205 e. The van der Waals surface area contributed by atoms with E-state index in [0.717, 1.165) is 31.2 Å². The second-order valence-corrected chi connectivity index (χ2v) is 5.64. The van der Waals surface area contributed by atoms with E-state index in [1.54, 1.807) is 6.07 Å². The summed E-state index contributed by atoms with van der Waals surface area (Å²) in [6, 6.07) is 7.36. The van der Waals surface area contributed by atoms with Crippen LogP contribution in [0.5, 0.6) is 0 Å². The van der Waals surface area contributed by atoms with Crippen LogP contribution in [0, 0.1) is 22.6 Å². The van der Waals surface area contributed by atoms with Crippen LogP contribution in [0.15, 0.2) is 18.2 Å². The molecule has 0 atom stereocenters. The van der Waals surface area contributed by atoms with Crippen molar-refractivity contribution in [1.82, 2.24) is 0 Å². The van der Waals surface area contributed by atoms with Gasteiger partial charge in [0.25, 0.3) is 0 Å². The highest BCUT2D eigenvalue weighted by Gasteiger charge is 2.31. The van der Waals surface area contributed by atoms with Crippen molar-refractivity contribution in [2.45, 2.75) is 44.9 Å². The maximum Gasteiger partial charge on any atom is 0.142 e. The highest BCUT2D eigenvalue weighted by molar-refractivity contribution is 6.30. The van der Waals surface area contributed by atoms with E-state index in [9.17, 15) is 9.65 Å². The number of hydrogen-bond acceptors (Lipinski definition) is 1. The zero-order valence-corrected chi connectivity index (χ0v) is 11.1. The molecule has 3 heteroatoms.